The molecule has 0 aromatic rings. The fraction of sp³-hybridized carbons (Fsp3) is 0.800. The van der Waals surface area contributed by atoms with E-state index in [1.165, 1.54) is 23.6 Å². The highest BCUT2D eigenvalue weighted by atomic mass is 32.2. The average Bonchev–Trinajstić information content (AvgIpc) is 2.09. The Hall–Kier alpha value is 0.0100. The largest absolute Gasteiger partial charge is 0.316 e. The minimum Gasteiger partial charge on any atom is -0.316 e. The monoisotopic (exact) mass is 200 g/mol. The standard InChI is InChI=1S/C10H20N2S/c1-9(6-11-3)7-12-4-5-13-8-10(12)2/h10-11H,1,4-8H2,2-3H3. The first kappa shape index (κ1) is 11.1. The number of nitrogens with one attached hydrogen (secondary N) is 1. The summed E-state index contributed by atoms with van der Waals surface area (Å²) in [5.74, 6) is 2.55. The van der Waals surface area contributed by atoms with Crippen LogP contribution in [0, 0.1) is 0 Å². The van der Waals surface area contributed by atoms with Crippen LogP contribution < -0.4 is 5.32 Å². The van der Waals surface area contributed by atoms with E-state index in [-0.39, 0.29) is 0 Å². The summed E-state index contributed by atoms with van der Waals surface area (Å²) in [6, 6.07) is 0.715. The number of nitrogens with zero attached hydrogens (tertiary/aromatic N) is 1. The molecular formula is C10H20N2S. The summed E-state index contributed by atoms with van der Waals surface area (Å²) in [7, 11) is 1.97. The number of hydrogen-bond acceptors (Lipinski definition) is 3. The Bertz CT molecular complexity index is 170. The van der Waals surface area contributed by atoms with Crippen LogP contribution >= 0.6 is 11.8 Å². The summed E-state index contributed by atoms with van der Waals surface area (Å²) in [6.07, 6.45) is 0. The van der Waals surface area contributed by atoms with Crippen LogP contribution in [0.4, 0.5) is 0 Å². The topological polar surface area (TPSA) is 15.3 Å². The van der Waals surface area contributed by atoms with Gasteiger partial charge in [-0.15, -0.1) is 0 Å². The van der Waals surface area contributed by atoms with Crippen molar-refractivity contribution >= 4 is 11.8 Å². The highest BCUT2D eigenvalue weighted by Gasteiger charge is 2.18. The van der Waals surface area contributed by atoms with Crippen LogP contribution in [-0.2, 0) is 0 Å². The van der Waals surface area contributed by atoms with Gasteiger partial charge in [0.1, 0.15) is 0 Å². The van der Waals surface area contributed by atoms with E-state index in [2.05, 4.69) is 35.5 Å². The zero-order valence-corrected chi connectivity index (χ0v) is 9.49. The Labute approximate surface area is 85.8 Å². The highest BCUT2D eigenvalue weighted by molar-refractivity contribution is 7.99. The lowest BCUT2D eigenvalue weighted by Gasteiger charge is -2.33. The molecule has 1 atom stereocenters. The Morgan fingerprint density at radius 1 is 1.69 bits per heavy atom. The van der Waals surface area contributed by atoms with Gasteiger partial charge >= 0.3 is 0 Å². The maximum Gasteiger partial charge on any atom is 0.0206 e. The molecule has 0 aromatic carbocycles. The van der Waals surface area contributed by atoms with Crippen molar-refractivity contribution in [2.45, 2.75) is 13.0 Å². The molecule has 1 rings (SSSR count). The van der Waals surface area contributed by atoms with Crippen LogP contribution in [0.5, 0.6) is 0 Å². The lowest BCUT2D eigenvalue weighted by Crippen LogP contribution is -2.42. The Morgan fingerprint density at radius 3 is 3.08 bits per heavy atom. The van der Waals surface area contributed by atoms with Gasteiger partial charge < -0.3 is 5.32 Å². The van der Waals surface area contributed by atoms with Gasteiger partial charge in [-0.05, 0) is 19.5 Å². The second-order valence-corrected chi connectivity index (χ2v) is 4.82. The van der Waals surface area contributed by atoms with Gasteiger partial charge in [0.05, 0.1) is 0 Å². The van der Waals surface area contributed by atoms with Crippen molar-refractivity contribution < 1.29 is 0 Å². The predicted octanol–water partition coefficient (Wildman–Crippen LogP) is 1.20. The molecule has 0 saturated carbocycles. The van der Waals surface area contributed by atoms with E-state index in [0.717, 1.165) is 13.1 Å². The zero-order valence-electron chi connectivity index (χ0n) is 8.68. The lowest BCUT2D eigenvalue weighted by molar-refractivity contribution is 0.251. The molecule has 1 unspecified atom stereocenters. The molecule has 0 amide bonds. The average molecular weight is 200 g/mol. The third kappa shape index (κ3) is 3.71. The third-order valence-corrected chi connectivity index (χ3v) is 3.55. The first-order valence-electron chi connectivity index (χ1n) is 4.87. The van der Waals surface area contributed by atoms with E-state index in [9.17, 15) is 0 Å². The number of likely N-dealkylation sites (N-methyl/N-ethyl adjacent to an activating group) is 1. The fourth-order valence-corrected chi connectivity index (χ4v) is 2.67. The number of thioether (sulfide) groups is 1. The Balaban J connectivity index is 2.29. The lowest BCUT2D eigenvalue weighted by atomic mass is 10.2. The van der Waals surface area contributed by atoms with Crippen molar-refractivity contribution in [3.63, 3.8) is 0 Å². The van der Waals surface area contributed by atoms with Gasteiger partial charge in [0.2, 0.25) is 0 Å². The summed E-state index contributed by atoms with van der Waals surface area (Å²) < 4.78 is 0. The molecule has 1 aliphatic heterocycles. The predicted molar refractivity (Wildman–Crippen MR) is 61.4 cm³/mol. The van der Waals surface area contributed by atoms with Gasteiger partial charge in [-0.1, -0.05) is 6.58 Å². The van der Waals surface area contributed by atoms with Gasteiger partial charge in [0.15, 0.2) is 0 Å². The van der Waals surface area contributed by atoms with Crippen molar-refractivity contribution in [2.24, 2.45) is 0 Å². The van der Waals surface area contributed by atoms with E-state index >= 15 is 0 Å². The minimum atomic E-state index is 0.715. The van der Waals surface area contributed by atoms with Gasteiger partial charge in [0, 0.05) is 37.2 Å². The maximum absolute atomic E-state index is 4.06. The molecule has 13 heavy (non-hydrogen) atoms. The quantitative estimate of drug-likeness (QED) is 0.687. The summed E-state index contributed by atoms with van der Waals surface area (Å²) >= 11 is 2.06. The van der Waals surface area contributed by atoms with E-state index in [4.69, 9.17) is 0 Å². The van der Waals surface area contributed by atoms with Crippen molar-refractivity contribution in [3.05, 3.63) is 12.2 Å². The van der Waals surface area contributed by atoms with E-state index in [1.807, 2.05) is 7.05 Å². The van der Waals surface area contributed by atoms with E-state index in [0.29, 0.717) is 6.04 Å². The number of rotatable bonds is 4. The molecule has 1 aliphatic rings. The summed E-state index contributed by atoms with van der Waals surface area (Å²) in [5, 5.41) is 3.14. The van der Waals surface area contributed by atoms with Crippen LogP contribution in [0.1, 0.15) is 6.92 Å². The molecule has 0 radical (unpaired) electrons. The maximum atomic E-state index is 4.06. The molecule has 1 saturated heterocycles. The van der Waals surface area contributed by atoms with Crippen LogP contribution in [0.15, 0.2) is 12.2 Å². The highest BCUT2D eigenvalue weighted by Crippen LogP contribution is 2.16. The van der Waals surface area contributed by atoms with Crippen molar-refractivity contribution in [1.29, 1.82) is 0 Å². The SMILES string of the molecule is C=C(CNC)CN1CCSCC1C. The van der Waals surface area contributed by atoms with Crippen molar-refractivity contribution in [1.82, 2.24) is 10.2 Å². The molecule has 1 N–H and O–H groups in total. The third-order valence-electron chi connectivity index (χ3n) is 2.36. The first-order valence-corrected chi connectivity index (χ1v) is 6.02. The van der Waals surface area contributed by atoms with Crippen LogP contribution in [0.2, 0.25) is 0 Å². The minimum absolute atomic E-state index is 0.715. The molecule has 3 heteroatoms. The van der Waals surface area contributed by atoms with Crippen LogP contribution in [0.3, 0.4) is 0 Å². The second kappa shape index (κ2) is 5.68. The summed E-state index contributed by atoms with van der Waals surface area (Å²) in [6.45, 7) is 9.58. The number of hydrogen-bond donors (Lipinski definition) is 1. The molecule has 1 fully saturated rings. The normalized spacial score (nSPS) is 24.6. The molecule has 0 bridgehead atoms. The molecule has 2 nitrogen and oxygen atoms in total. The van der Waals surface area contributed by atoms with Gasteiger partial charge in [-0.25, -0.2) is 0 Å². The van der Waals surface area contributed by atoms with Gasteiger partial charge in [-0.2, -0.15) is 11.8 Å². The van der Waals surface area contributed by atoms with E-state index < -0.39 is 0 Å². The summed E-state index contributed by atoms with van der Waals surface area (Å²) in [5.41, 5.74) is 1.29. The molecule has 0 aliphatic carbocycles. The Morgan fingerprint density at radius 2 is 2.46 bits per heavy atom. The molecule has 1 heterocycles. The first-order chi connectivity index (χ1) is 6.24. The fourth-order valence-electron chi connectivity index (χ4n) is 1.59. The molecule has 0 spiro atoms. The molecular weight excluding hydrogens is 180 g/mol. The van der Waals surface area contributed by atoms with Gasteiger partial charge in [-0.3, -0.25) is 4.90 Å². The zero-order chi connectivity index (χ0) is 9.68. The van der Waals surface area contributed by atoms with Crippen LogP contribution in [0.25, 0.3) is 0 Å². The molecule has 0 aromatic heterocycles. The summed E-state index contributed by atoms with van der Waals surface area (Å²) in [4.78, 5) is 2.52. The smallest absolute Gasteiger partial charge is 0.0206 e. The van der Waals surface area contributed by atoms with Crippen LogP contribution in [-0.4, -0.2) is 49.1 Å². The van der Waals surface area contributed by atoms with Gasteiger partial charge in [0.25, 0.3) is 0 Å². The van der Waals surface area contributed by atoms with E-state index in [1.54, 1.807) is 0 Å². The Kier molecular flexibility index (Phi) is 4.84. The van der Waals surface area contributed by atoms with Crippen molar-refractivity contribution in [3.8, 4) is 0 Å². The second-order valence-electron chi connectivity index (χ2n) is 3.67. The van der Waals surface area contributed by atoms with Crippen molar-refractivity contribution in [2.75, 3.05) is 38.2 Å². The molecule has 76 valence electrons.